The van der Waals surface area contributed by atoms with Gasteiger partial charge >= 0.3 is 11.9 Å². The quantitative estimate of drug-likeness (QED) is 0.508. The smallest absolute Gasteiger partial charge is 0.338 e. The van der Waals surface area contributed by atoms with E-state index in [1.54, 1.807) is 32.0 Å². The van der Waals surface area contributed by atoms with Crippen molar-refractivity contribution >= 4 is 11.9 Å². The number of rotatable bonds is 9. The molecule has 0 atom stereocenters. The molecule has 0 radical (unpaired) electrons. The highest BCUT2D eigenvalue weighted by Gasteiger charge is 2.16. The fourth-order valence-electron chi connectivity index (χ4n) is 2.29. The zero-order valence-electron chi connectivity index (χ0n) is 13.8. The molecule has 0 aliphatic carbocycles. The summed E-state index contributed by atoms with van der Waals surface area (Å²) in [5.41, 5.74) is 1.90. The van der Waals surface area contributed by atoms with Crippen LogP contribution in [-0.2, 0) is 15.9 Å². The highest BCUT2D eigenvalue weighted by atomic mass is 16.5. The summed E-state index contributed by atoms with van der Waals surface area (Å²) in [6, 6.07) is 5.05. The summed E-state index contributed by atoms with van der Waals surface area (Å²) in [5, 5.41) is 0. The Morgan fingerprint density at radius 1 is 0.909 bits per heavy atom. The van der Waals surface area contributed by atoms with Crippen molar-refractivity contribution in [3.05, 3.63) is 34.9 Å². The van der Waals surface area contributed by atoms with Crippen LogP contribution in [0.2, 0.25) is 0 Å². The molecule has 0 bridgehead atoms. The van der Waals surface area contributed by atoms with E-state index in [1.807, 2.05) is 0 Å². The van der Waals surface area contributed by atoms with Gasteiger partial charge in [-0.1, -0.05) is 26.2 Å². The predicted octanol–water partition coefficient (Wildman–Crippen LogP) is 4.16. The number of ether oxygens (including phenoxy) is 2. The molecule has 1 aromatic carbocycles. The lowest BCUT2D eigenvalue weighted by Crippen LogP contribution is -2.11. The van der Waals surface area contributed by atoms with Crippen LogP contribution in [0.5, 0.6) is 0 Å². The maximum Gasteiger partial charge on any atom is 0.338 e. The van der Waals surface area contributed by atoms with Crippen molar-refractivity contribution in [2.45, 2.75) is 52.9 Å². The molecule has 0 spiro atoms. The first-order valence-corrected chi connectivity index (χ1v) is 8.11. The number of hydrogen-bond acceptors (Lipinski definition) is 4. The molecule has 1 rings (SSSR count). The summed E-state index contributed by atoms with van der Waals surface area (Å²) in [4.78, 5) is 23.9. The monoisotopic (exact) mass is 306 g/mol. The molecule has 0 saturated carbocycles. The van der Waals surface area contributed by atoms with Crippen LogP contribution in [0.3, 0.4) is 0 Å². The summed E-state index contributed by atoms with van der Waals surface area (Å²) in [6.07, 6.45) is 5.20. The average molecular weight is 306 g/mol. The molecule has 0 aliphatic rings. The van der Waals surface area contributed by atoms with Crippen LogP contribution in [0, 0.1) is 0 Å². The Morgan fingerprint density at radius 3 is 2.23 bits per heavy atom. The number of carbonyl (C=O) groups excluding carboxylic acids is 2. The van der Waals surface area contributed by atoms with Crippen LogP contribution < -0.4 is 0 Å². The van der Waals surface area contributed by atoms with Crippen molar-refractivity contribution in [3.63, 3.8) is 0 Å². The molecule has 0 unspecified atom stereocenters. The average Bonchev–Trinajstić information content (AvgIpc) is 2.52. The van der Waals surface area contributed by atoms with E-state index in [0.29, 0.717) is 24.3 Å². The molecular formula is C18H26O4. The highest BCUT2D eigenvalue weighted by Crippen LogP contribution is 2.18. The molecule has 22 heavy (non-hydrogen) atoms. The van der Waals surface area contributed by atoms with Gasteiger partial charge in [-0.05, 0) is 50.5 Å². The fourth-order valence-corrected chi connectivity index (χ4v) is 2.29. The maximum atomic E-state index is 12.0. The summed E-state index contributed by atoms with van der Waals surface area (Å²) in [6.45, 7) is 6.39. The minimum absolute atomic E-state index is 0.330. The number of carbonyl (C=O) groups is 2. The maximum absolute atomic E-state index is 12.0. The van der Waals surface area contributed by atoms with Crippen LogP contribution in [-0.4, -0.2) is 25.2 Å². The van der Waals surface area contributed by atoms with E-state index in [0.717, 1.165) is 31.2 Å². The van der Waals surface area contributed by atoms with E-state index in [-0.39, 0.29) is 11.9 Å². The van der Waals surface area contributed by atoms with Crippen LogP contribution >= 0.6 is 0 Å². The van der Waals surface area contributed by atoms with Gasteiger partial charge in [0.25, 0.3) is 0 Å². The summed E-state index contributed by atoms with van der Waals surface area (Å²) < 4.78 is 10.1. The minimum Gasteiger partial charge on any atom is -0.462 e. The van der Waals surface area contributed by atoms with Crippen molar-refractivity contribution in [3.8, 4) is 0 Å². The Morgan fingerprint density at radius 2 is 1.59 bits per heavy atom. The van der Waals surface area contributed by atoms with Crippen molar-refractivity contribution in [1.29, 1.82) is 0 Å². The van der Waals surface area contributed by atoms with Gasteiger partial charge in [0, 0.05) is 0 Å². The largest absolute Gasteiger partial charge is 0.462 e. The van der Waals surface area contributed by atoms with Gasteiger partial charge in [0.05, 0.1) is 24.3 Å². The van der Waals surface area contributed by atoms with Gasteiger partial charge < -0.3 is 9.47 Å². The minimum atomic E-state index is -0.354. The molecule has 4 heteroatoms. The molecule has 0 heterocycles. The normalized spacial score (nSPS) is 10.3. The second kappa shape index (κ2) is 9.98. The molecular weight excluding hydrogens is 280 g/mol. The number of benzene rings is 1. The second-order valence-corrected chi connectivity index (χ2v) is 5.12. The van der Waals surface area contributed by atoms with Crippen LogP contribution in [0.25, 0.3) is 0 Å². The predicted molar refractivity (Wildman–Crippen MR) is 86.2 cm³/mol. The van der Waals surface area contributed by atoms with Gasteiger partial charge in [0.2, 0.25) is 0 Å². The molecule has 4 nitrogen and oxygen atoms in total. The molecule has 0 fully saturated rings. The lowest BCUT2D eigenvalue weighted by molar-refractivity contribution is 0.0510. The standard InChI is InChI=1S/C18H26O4/c1-4-7-8-9-10-14-13-15(17(19)21-5-2)11-12-16(14)18(20)22-6-3/h11-13H,4-10H2,1-3H3. The molecule has 1 aromatic rings. The Balaban J connectivity index is 2.94. The first-order chi connectivity index (χ1) is 10.6. The number of unbranched alkanes of at least 4 members (excludes halogenated alkanes) is 3. The number of hydrogen-bond donors (Lipinski definition) is 0. The van der Waals surface area contributed by atoms with Crippen LogP contribution in [0.4, 0.5) is 0 Å². The van der Waals surface area contributed by atoms with Gasteiger partial charge in [-0.2, -0.15) is 0 Å². The van der Waals surface area contributed by atoms with Crippen molar-refractivity contribution in [2.24, 2.45) is 0 Å². The lowest BCUT2D eigenvalue weighted by Gasteiger charge is -2.11. The molecule has 0 amide bonds. The van der Waals surface area contributed by atoms with Gasteiger partial charge in [0.15, 0.2) is 0 Å². The third kappa shape index (κ3) is 5.51. The first kappa shape index (κ1) is 18.2. The van der Waals surface area contributed by atoms with E-state index in [9.17, 15) is 9.59 Å². The lowest BCUT2D eigenvalue weighted by atomic mass is 9.98. The van der Waals surface area contributed by atoms with Gasteiger partial charge in [-0.25, -0.2) is 9.59 Å². The first-order valence-electron chi connectivity index (χ1n) is 8.11. The van der Waals surface area contributed by atoms with Crippen molar-refractivity contribution in [2.75, 3.05) is 13.2 Å². The number of aryl methyl sites for hydroxylation is 1. The van der Waals surface area contributed by atoms with E-state index < -0.39 is 0 Å². The number of esters is 2. The summed E-state index contributed by atoms with van der Waals surface area (Å²) in [5.74, 6) is -0.684. The van der Waals surface area contributed by atoms with E-state index >= 15 is 0 Å². The Hall–Kier alpha value is -1.84. The Kier molecular flexibility index (Phi) is 8.26. The van der Waals surface area contributed by atoms with E-state index in [2.05, 4.69) is 6.92 Å². The zero-order valence-corrected chi connectivity index (χ0v) is 13.8. The third-order valence-electron chi connectivity index (χ3n) is 3.41. The Bertz CT molecular complexity index is 494. The van der Waals surface area contributed by atoms with Gasteiger partial charge in [0.1, 0.15) is 0 Å². The molecule has 0 aliphatic heterocycles. The van der Waals surface area contributed by atoms with E-state index in [4.69, 9.17) is 9.47 Å². The topological polar surface area (TPSA) is 52.6 Å². The Labute approximate surface area is 132 Å². The molecule has 0 aromatic heterocycles. The van der Waals surface area contributed by atoms with Gasteiger partial charge in [-0.15, -0.1) is 0 Å². The SMILES string of the molecule is CCCCCCc1cc(C(=O)OCC)ccc1C(=O)OCC. The third-order valence-corrected chi connectivity index (χ3v) is 3.41. The zero-order chi connectivity index (χ0) is 16.4. The van der Waals surface area contributed by atoms with Crippen LogP contribution in [0.1, 0.15) is 72.7 Å². The van der Waals surface area contributed by atoms with Crippen LogP contribution in [0.15, 0.2) is 18.2 Å². The summed E-state index contributed by atoms with van der Waals surface area (Å²) in [7, 11) is 0. The fraction of sp³-hybridized carbons (Fsp3) is 0.556. The summed E-state index contributed by atoms with van der Waals surface area (Å²) >= 11 is 0. The molecule has 0 saturated heterocycles. The molecule has 0 N–H and O–H groups in total. The van der Waals surface area contributed by atoms with Crippen molar-refractivity contribution in [1.82, 2.24) is 0 Å². The van der Waals surface area contributed by atoms with Gasteiger partial charge in [-0.3, -0.25) is 0 Å². The second-order valence-electron chi connectivity index (χ2n) is 5.12. The molecule has 122 valence electrons. The highest BCUT2D eigenvalue weighted by molar-refractivity contribution is 5.94. The van der Waals surface area contributed by atoms with E-state index in [1.165, 1.54) is 6.42 Å². The van der Waals surface area contributed by atoms with Crippen molar-refractivity contribution < 1.29 is 19.1 Å².